The number of rotatable bonds is 8. The molecule has 0 radical (unpaired) electrons. The van der Waals surface area contributed by atoms with Crippen LogP contribution in [0.5, 0.6) is 23.0 Å². The van der Waals surface area contributed by atoms with E-state index < -0.39 is 0 Å². The highest BCUT2D eigenvalue weighted by atomic mass is 16.7. The van der Waals surface area contributed by atoms with Gasteiger partial charge in [0.1, 0.15) is 0 Å². The minimum Gasteiger partial charge on any atom is -0.454 e. The third-order valence-electron chi connectivity index (χ3n) is 4.41. The van der Waals surface area contributed by atoms with E-state index in [2.05, 4.69) is 21.1 Å². The topological polar surface area (TPSA) is 120 Å². The van der Waals surface area contributed by atoms with Gasteiger partial charge >= 0.3 is 0 Å². The summed E-state index contributed by atoms with van der Waals surface area (Å²) in [6, 6.07) is 10.7. The number of carbonyl (C=O) groups is 2. The number of benzene rings is 2. The molecule has 0 saturated carbocycles. The van der Waals surface area contributed by atoms with Crippen molar-refractivity contribution in [3.05, 3.63) is 47.5 Å². The molecule has 0 saturated heterocycles. The number of amides is 2. The zero-order valence-corrected chi connectivity index (χ0v) is 16.5. The van der Waals surface area contributed by atoms with Crippen molar-refractivity contribution in [1.29, 1.82) is 0 Å². The second-order valence-corrected chi connectivity index (χ2v) is 6.67. The minimum atomic E-state index is -0.284. The van der Waals surface area contributed by atoms with E-state index in [1.54, 1.807) is 36.4 Å². The molecule has 0 bridgehead atoms. The average molecular weight is 424 g/mol. The summed E-state index contributed by atoms with van der Waals surface area (Å²) in [4.78, 5) is 23.7. The van der Waals surface area contributed by atoms with Gasteiger partial charge in [-0.3, -0.25) is 9.59 Å². The Kier molecular flexibility index (Phi) is 6.26. The van der Waals surface area contributed by atoms with Crippen molar-refractivity contribution in [3.8, 4) is 23.0 Å². The lowest BCUT2D eigenvalue weighted by Gasteiger charge is -2.01. The van der Waals surface area contributed by atoms with Gasteiger partial charge in [-0.05, 0) is 53.9 Å². The van der Waals surface area contributed by atoms with E-state index in [-0.39, 0.29) is 38.2 Å². The van der Waals surface area contributed by atoms with Gasteiger partial charge in [0, 0.05) is 12.8 Å². The first-order chi connectivity index (χ1) is 15.2. The lowest BCUT2D eigenvalue weighted by Crippen LogP contribution is -2.20. The van der Waals surface area contributed by atoms with E-state index in [0.717, 1.165) is 11.1 Å². The van der Waals surface area contributed by atoms with Gasteiger partial charge in [-0.2, -0.15) is 10.2 Å². The first kappa shape index (κ1) is 20.2. The van der Waals surface area contributed by atoms with Crippen LogP contribution in [0.3, 0.4) is 0 Å². The van der Waals surface area contributed by atoms with E-state index in [1.165, 1.54) is 12.4 Å². The van der Waals surface area contributed by atoms with E-state index in [9.17, 15) is 9.59 Å². The molecule has 0 fully saturated rings. The van der Waals surface area contributed by atoms with Crippen molar-refractivity contribution in [3.63, 3.8) is 0 Å². The Morgan fingerprint density at radius 2 is 1.19 bits per heavy atom. The number of ether oxygens (including phenoxy) is 4. The summed E-state index contributed by atoms with van der Waals surface area (Å²) in [5, 5.41) is 7.82. The Hall–Kier alpha value is -4.08. The Morgan fingerprint density at radius 3 is 1.68 bits per heavy atom. The molecule has 0 aliphatic carbocycles. The second kappa shape index (κ2) is 9.61. The smallest absolute Gasteiger partial charge is 0.240 e. The molecule has 2 aromatic rings. The van der Waals surface area contributed by atoms with Gasteiger partial charge in [0.05, 0.1) is 12.4 Å². The summed E-state index contributed by atoms with van der Waals surface area (Å²) in [6.45, 7) is 0.397. The molecule has 4 rings (SSSR count). The van der Waals surface area contributed by atoms with Crippen molar-refractivity contribution < 1.29 is 28.5 Å². The van der Waals surface area contributed by atoms with Crippen LogP contribution < -0.4 is 29.8 Å². The third-order valence-corrected chi connectivity index (χ3v) is 4.41. The van der Waals surface area contributed by atoms with Gasteiger partial charge in [-0.25, -0.2) is 10.9 Å². The molecular weight excluding hydrogens is 404 g/mol. The predicted molar refractivity (Wildman–Crippen MR) is 110 cm³/mol. The van der Waals surface area contributed by atoms with Crippen molar-refractivity contribution >= 4 is 24.2 Å². The number of carbonyl (C=O) groups excluding carboxylic acids is 2. The first-order valence-corrected chi connectivity index (χ1v) is 9.60. The summed E-state index contributed by atoms with van der Waals surface area (Å²) in [5.74, 6) is 2.08. The SMILES string of the molecule is O=C(CCCC(=O)N/N=C/c1ccc2c(c1)OCO2)N/N=C/c1ccc2c(c1)OCO2. The molecule has 2 aliphatic rings. The van der Waals surface area contributed by atoms with Gasteiger partial charge in [0.2, 0.25) is 25.4 Å². The zero-order chi connectivity index (χ0) is 21.5. The van der Waals surface area contributed by atoms with E-state index in [4.69, 9.17) is 18.9 Å². The highest BCUT2D eigenvalue weighted by molar-refractivity contribution is 5.84. The maximum atomic E-state index is 11.8. The molecule has 2 heterocycles. The molecule has 10 nitrogen and oxygen atoms in total. The Morgan fingerprint density at radius 1 is 0.742 bits per heavy atom. The molecule has 0 aromatic heterocycles. The van der Waals surface area contributed by atoms with Gasteiger partial charge in [-0.1, -0.05) is 0 Å². The predicted octanol–water partition coefficient (Wildman–Crippen LogP) is 1.91. The van der Waals surface area contributed by atoms with Crippen LogP contribution in [0.2, 0.25) is 0 Å². The Balaban J connectivity index is 1.13. The highest BCUT2D eigenvalue weighted by Crippen LogP contribution is 2.32. The van der Waals surface area contributed by atoms with Gasteiger partial charge in [-0.15, -0.1) is 0 Å². The number of hydrogen-bond acceptors (Lipinski definition) is 8. The maximum Gasteiger partial charge on any atom is 0.240 e. The number of fused-ring (bicyclic) bond motifs is 2. The van der Waals surface area contributed by atoms with Gasteiger partial charge in [0.25, 0.3) is 0 Å². The number of nitrogens with zero attached hydrogens (tertiary/aromatic N) is 2. The molecule has 2 aliphatic heterocycles. The van der Waals surface area contributed by atoms with Crippen LogP contribution in [0.25, 0.3) is 0 Å². The van der Waals surface area contributed by atoms with Crippen LogP contribution in [0, 0.1) is 0 Å². The number of hydrazone groups is 2. The summed E-state index contributed by atoms with van der Waals surface area (Å²) < 4.78 is 21.0. The lowest BCUT2D eigenvalue weighted by molar-refractivity contribution is -0.122. The number of hydrogen-bond donors (Lipinski definition) is 2. The second-order valence-electron chi connectivity index (χ2n) is 6.67. The molecule has 2 aromatic carbocycles. The summed E-state index contributed by atoms with van der Waals surface area (Å²) in [7, 11) is 0. The van der Waals surface area contributed by atoms with Crippen molar-refractivity contribution in [2.75, 3.05) is 13.6 Å². The molecular formula is C21H20N4O6. The van der Waals surface area contributed by atoms with Crippen LogP contribution >= 0.6 is 0 Å². The van der Waals surface area contributed by atoms with Crippen LogP contribution in [0.15, 0.2) is 46.6 Å². The molecule has 10 heteroatoms. The van der Waals surface area contributed by atoms with Gasteiger partial charge < -0.3 is 18.9 Å². The van der Waals surface area contributed by atoms with Crippen LogP contribution in [-0.2, 0) is 9.59 Å². The standard InChI is InChI=1S/C21H20N4O6/c26-20(24-22-10-14-4-6-16-18(8-14)30-12-28-16)2-1-3-21(27)25-23-11-15-5-7-17-19(9-15)31-13-29-17/h4-11H,1-3,12-13H2,(H,24,26)(H,25,27)/b22-10+,23-11+. The molecule has 0 unspecified atom stereocenters. The molecule has 31 heavy (non-hydrogen) atoms. The molecule has 0 spiro atoms. The number of nitrogens with one attached hydrogen (secondary N) is 2. The lowest BCUT2D eigenvalue weighted by atomic mass is 10.2. The fraction of sp³-hybridized carbons (Fsp3) is 0.238. The molecule has 160 valence electrons. The quantitative estimate of drug-likeness (QED) is 0.494. The molecule has 2 N–H and O–H groups in total. The monoisotopic (exact) mass is 424 g/mol. The third kappa shape index (κ3) is 5.50. The zero-order valence-electron chi connectivity index (χ0n) is 16.5. The maximum absolute atomic E-state index is 11.8. The van der Waals surface area contributed by atoms with E-state index >= 15 is 0 Å². The van der Waals surface area contributed by atoms with Crippen LogP contribution in [0.4, 0.5) is 0 Å². The summed E-state index contributed by atoms with van der Waals surface area (Å²) >= 11 is 0. The normalized spacial score (nSPS) is 13.7. The fourth-order valence-electron chi connectivity index (χ4n) is 2.87. The van der Waals surface area contributed by atoms with Crippen LogP contribution in [-0.4, -0.2) is 37.8 Å². The van der Waals surface area contributed by atoms with Crippen molar-refractivity contribution in [2.24, 2.45) is 10.2 Å². The van der Waals surface area contributed by atoms with E-state index in [0.29, 0.717) is 29.4 Å². The summed E-state index contributed by atoms with van der Waals surface area (Å²) in [6.07, 6.45) is 3.72. The summed E-state index contributed by atoms with van der Waals surface area (Å²) in [5.41, 5.74) is 6.40. The first-order valence-electron chi connectivity index (χ1n) is 9.60. The minimum absolute atomic E-state index is 0.164. The Labute approximate surface area is 177 Å². The van der Waals surface area contributed by atoms with Crippen molar-refractivity contribution in [2.45, 2.75) is 19.3 Å². The van der Waals surface area contributed by atoms with Crippen LogP contribution in [0.1, 0.15) is 30.4 Å². The van der Waals surface area contributed by atoms with Gasteiger partial charge in [0.15, 0.2) is 23.0 Å². The Bertz CT molecular complexity index is 955. The fourth-order valence-corrected chi connectivity index (χ4v) is 2.87. The molecule has 2 amide bonds. The van der Waals surface area contributed by atoms with E-state index in [1.807, 2.05) is 0 Å². The molecule has 0 atom stereocenters. The average Bonchev–Trinajstić information content (AvgIpc) is 3.42. The largest absolute Gasteiger partial charge is 0.454 e. The highest BCUT2D eigenvalue weighted by Gasteiger charge is 2.13. The van der Waals surface area contributed by atoms with Crippen molar-refractivity contribution in [1.82, 2.24) is 10.9 Å².